The summed E-state index contributed by atoms with van der Waals surface area (Å²) in [6.45, 7) is 5.99. The highest BCUT2D eigenvalue weighted by molar-refractivity contribution is 5.19. The molecule has 0 aliphatic carbocycles. The fourth-order valence-electron chi connectivity index (χ4n) is 3.86. The quantitative estimate of drug-likeness (QED) is 0.789. The Hall–Kier alpha value is -1.83. The number of aryl methyl sites for hydroxylation is 1. The molecule has 0 saturated carbocycles. The monoisotopic (exact) mass is 343 g/mol. The van der Waals surface area contributed by atoms with Crippen molar-refractivity contribution < 1.29 is 9.47 Å². The third-order valence-electron chi connectivity index (χ3n) is 5.06. The van der Waals surface area contributed by atoms with E-state index < -0.39 is 0 Å². The van der Waals surface area contributed by atoms with Gasteiger partial charge in [-0.3, -0.25) is 14.6 Å². The first-order valence-corrected chi connectivity index (χ1v) is 8.95. The molecule has 0 N–H and O–H groups in total. The molecule has 0 amide bonds. The predicted octanol–water partition coefficient (Wildman–Crippen LogP) is 1.36. The summed E-state index contributed by atoms with van der Waals surface area (Å²) in [7, 11) is 1.97. The lowest BCUT2D eigenvalue weighted by Crippen LogP contribution is -2.39. The summed E-state index contributed by atoms with van der Waals surface area (Å²) in [6, 6.07) is 3.98. The second kappa shape index (κ2) is 7.59. The molecule has 0 unspecified atom stereocenters. The van der Waals surface area contributed by atoms with Crippen LogP contribution in [0.2, 0.25) is 0 Å². The van der Waals surface area contributed by atoms with E-state index in [0.717, 1.165) is 50.5 Å². The molecule has 4 heterocycles. The highest BCUT2D eigenvalue weighted by atomic mass is 16.5. The van der Waals surface area contributed by atoms with Gasteiger partial charge in [-0.2, -0.15) is 0 Å². The summed E-state index contributed by atoms with van der Waals surface area (Å²) >= 11 is 0. The van der Waals surface area contributed by atoms with Crippen molar-refractivity contribution in [2.75, 3.05) is 32.9 Å². The number of fused-ring (bicyclic) bond motifs is 1. The van der Waals surface area contributed by atoms with Gasteiger partial charge >= 0.3 is 0 Å². The van der Waals surface area contributed by atoms with Crippen LogP contribution in [-0.4, -0.2) is 57.8 Å². The SMILES string of the molecule is Cn1nnc2c1[C@@H](COCc1ccncc1)CN(C[C@H]1CCOC1)C2. The first-order chi connectivity index (χ1) is 12.3. The van der Waals surface area contributed by atoms with Crippen LogP contribution in [0.4, 0.5) is 0 Å². The van der Waals surface area contributed by atoms with Crippen LogP contribution < -0.4 is 0 Å². The van der Waals surface area contributed by atoms with Crippen LogP contribution in [0.1, 0.15) is 29.3 Å². The molecule has 2 aliphatic heterocycles. The maximum atomic E-state index is 6.01. The number of aromatic nitrogens is 4. The summed E-state index contributed by atoms with van der Waals surface area (Å²) in [4.78, 5) is 6.53. The number of ether oxygens (including phenoxy) is 2. The number of pyridine rings is 1. The normalized spacial score (nSPS) is 23.7. The van der Waals surface area contributed by atoms with E-state index in [2.05, 4.69) is 20.2 Å². The van der Waals surface area contributed by atoms with Crippen LogP contribution >= 0.6 is 0 Å². The molecule has 1 fully saturated rings. The van der Waals surface area contributed by atoms with Crippen LogP contribution in [0.3, 0.4) is 0 Å². The van der Waals surface area contributed by atoms with E-state index in [1.165, 1.54) is 5.69 Å². The highest BCUT2D eigenvalue weighted by Crippen LogP contribution is 2.28. The second-order valence-corrected chi connectivity index (χ2v) is 7.04. The van der Waals surface area contributed by atoms with Gasteiger partial charge in [0, 0.05) is 51.6 Å². The van der Waals surface area contributed by atoms with Crippen LogP contribution in [0.5, 0.6) is 0 Å². The van der Waals surface area contributed by atoms with Crippen molar-refractivity contribution in [3.05, 3.63) is 41.5 Å². The summed E-state index contributed by atoms with van der Waals surface area (Å²) in [5.41, 5.74) is 3.45. The predicted molar refractivity (Wildman–Crippen MR) is 91.8 cm³/mol. The Morgan fingerprint density at radius 3 is 3.00 bits per heavy atom. The van der Waals surface area contributed by atoms with E-state index in [1.807, 2.05) is 23.9 Å². The topological polar surface area (TPSA) is 65.3 Å². The first-order valence-electron chi connectivity index (χ1n) is 8.95. The minimum absolute atomic E-state index is 0.299. The Bertz CT molecular complexity index is 684. The number of nitrogens with zero attached hydrogens (tertiary/aromatic N) is 5. The zero-order valence-corrected chi connectivity index (χ0v) is 14.7. The van der Waals surface area contributed by atoms with Gasteiger partial charge in [-0.1, -0.05) is 5.21 Å². The Balaban J connectivity index is 1.40. The van der Waals surface area contributed by atoms with Gasteiger partial charge in [-0.05, 0) is 30.0 Å². The molecule has 2 aromatic rings. The van der Waals surface area contributed by atoms with Crippen molar-refractivity contribution in [2.45, 2.75) is 25.5 Å². The second-order valence-electron chi connectivity index (χ2n) is 7.04. The Morgan fingerprint density at radius 1 is 1.32 bits per heavy atom. The summed E-state index contributed by atoms with van der Waals surface area (Å²) in [5.74, 6) is 0.935. The summed E-state index contributed by atoms with van der Waals surface area (Å²) < 4.78 is 13.4. The van der Waals surface area contributed by atoms with E-state index in [1.54, 1.807) is 12.4 Å². The Morgan fingerprint density at radius 2 is 2.20 bits per heavy atom. The van der Waals surface area contributed by atoms with Crippen LogP contribution in [0.15, 0.2) is 24.5 Å². The van der Waals surface area contributed by atoms with Gasteiger partial charge < -0.3 is 9.47 Å². The van der Waals surface area contributed by atoms with Crippen molar-refractivity contribution in [3.8, 4) is 0 Å². The van der Waals surface area contributed by atoms with Crippen molar-refractivity contribution >= 4 is 0 Å². The summed E-state index contributed by atoms with van der Waals surface area (Å²) in [5, 5.41) is 8.61. The molecule has 2 aliphatic rings. The fraction of sp³-hybridized carbons (Fsp3) is 0.611. The van der Waals surface area contributed by atoms with E-state index in [0.29, 0.717) is 25.0 Å². The van der Waals surface area contributed by atoms with Crippen LogP contribution in [0.25, 0.3) is 0 Å². The van der Waals surface area contributed by atoms with E-state index in [4.69, 9.17) is 9.47 Å². The first kappa shape index (κ1) is 16.6. The lowest BCUT2D eigenvalue weighted by atomic mass is 9.97. The van der Waals surface area contributed by atoms with Gasteiger partial charge in [-0.15, -0.1) is 5.10 Å². The Labute approximate surface area is 147 Å². The maximum absolute atomic E-state index is 6.01. The molecule has 0 aromatic carbocycles. The van der Waals surface area contributed by atoms with Gasteiger partial charge in [0.2, 0.25) is 0 Å². The third kappa shape index (κ3) is 3.89. The molecule has 1 saturated heterocycles. The van der Waals surface area contributed by atoms with Gasteiger partial charge in [0.1, 0.15) is 5.69 Å². The molecule has 2 atom stereocenters. The molecule has 7 heteroatoms. The smallest absolute Gasteiger partial charge is 0.100 e. The van der Waals surface area contributed by atoms with Crippen molar-refractivity contribution in [3.63, 3.8) is 0 Å². The van der Waals surface area contributed by atoms with Crippen molar-refractivity contribution in [1.82, 2.24) is 24.9 Å². The van der Waals surface area contributed by atoms with Gasteiger partial charge in [0.15, 0.2) is 0 Å². The van der Waals surface area contributed by atoms with Crippen molar-refractivity contribution in [1.29, 1.82) is 0 Å². The average molecular weight is 343 g/mol. The molecule has 0 bridgehead atoms. The minimum atomic E-state index is 0.299. The molecule has 0 spiro atoms. The molecule has 4 rings (SSSR count). The largest absolute Gasteiger partial charge is 0.381 e. The highest BCUT2D eigenvalue weighted by Gasteiger charge is 2.31. The molecular formula is C18H25N5O2. The Kier molecular flexibility index (Phi) is 5.05. The lowest BCUT2D eigenvalue weighted by molar-refractivity contribution is 0.0794. The molecule has 134 valence electrons. The average Bonchev–Trinajstić information content (AvgIpc) is 3.26. The number of hydrogen-bond acceptors (Lipinski definition) is 6. The van der Waals surface area contributed by atoms with Crippen molar-refractivity contribution in [2.24, 2.45) is 13.0 Å². The standard InChI is InChI=1S/C18H25N5O2/c1-22-18-16(13-25-11-14-2-5-19-6-3-14)9-23(10-17(18)20-21-22)8-15-4-7-24-12-15/h2-3,5-6,15-16H,4,7-13H2,1H3/t15-,16-/m1/s1. The van der Waals surface area contributed by atoms with Gasteiger partial charge in [-0.25, -0.2) is 0 Å². The van der Waals surface area contributed by atoms with E-state index in [9.17, 15) is 0 Å². The fourth-order valence-corrected chi connectivity index (χ4v) is 3.86. The number of rotatable bonds is 6. The van der Waals surface area contributed by atoms with E-state index in [-0.39, 0.29) is 0 Å². The van der Waals surface area contributed by atoms with Gasteiger partial charge in [0.25, 0.3) is 0 Å². The lowest BCUT2D eigenvalue weighted by Gasteiger charge is -2.33. The molecule has 25 heavy (non-hydrogen) atoms. The molecule has 2 aromatic heterocycles. The molecule has 7 nitrogen and oxygen atoms in total. The summed E-state index contributed by atoms with van der Waals surface area (Å²) in [6.07, 6.45) is 4.76. The van der Waals surface area contributed by atoms with E-state index >= 15 is 0 Å². The van der Waals surface area contributed by atoms with Gasteiger partial charge in [0.05, 0.1) is 25.5 Å². The van der Waals surface area contributed by atoms with Crippen LogP contribution in [-0.2, 0) is 29.7 Å². The zero-order valence-electron chi connectivity index (χ0n) is 14.7. The molecule has 0 radical (unpaired) electrons. The minimum Gasteiger partial charge on any atom is -0.381 e. The molecular weight excluding hydrogens is 318 g/mol. The van der Waals surface area contributed by atoms with Crippen LogP contribution in [0, 0.1) is 5.92 Å². The zero-order chi connectivity index (χ0) is 17.1. The maximum Gasteiger partial charge on any atom is 0.100 e. The third-order valence-corrected chi connectivity index (χ3v) is 5.06. The number of hydrogen-bond donors (Lipinski definition) is 0.